The molecule has 0 fully saturated rings. The second-order valence-electron chi connectivity index (χ2n) is 4.27. The molecule has 104 valence electrons. The minimum Gasteiger partial charge on any atom is -0.470 e. The minimum absolute atomic E-state index is 0.183. The van der Waals surface area contributed by atoms with Crippen molar-refractivity contribution in [3.05, 3.63) is 53.7 Å². The molecule has 1 aromatic heterocycles. The lowest BCUT2D eigenvalue weighted by Crippen LogP contribution is -2.09. The van der Waals surface area contributed by atoms with Crippen molar-refractivity contribution in [1.29, 1.82) is 0 Å². The highest BCUT2D eigenvalue weighted by Gasteiger charge is 2.14. The largest absolute Gasteiger partial charge is 0.470 e. The zero-order valence-corrected chi connectivity index (χ0v) is 11.4. The molecule has 1 aromatic carbocycles. The van der Waals surface area contributed by atoms with Gasteiger partial charge in [0, 0.05) is 6.07 Å². The number of ether oxygens (including phenoxy) is 2. The molecule has 0 saturated heterocycles. The van der Waals surface area contributed by atoms with E-state index in [9.17, 15) is 4.79 Å². The summed E-state index contributed by atoms with van der Waals surface area (Å²) in [4.78, 5) is 15.6. The first-order valence-corrected chi connectivity index (χ1v) is 6.17. The molecule has 1 heterocycles. The van der Waals surface area contributed by atoms with E-state index in [1.165, 1.54) is 19.4 Å². The Hall–Kier alpha value is -2.56. The van der Waals surface area contributed by atoms with Gasteiger partial charge in [0.15, 0.2) is 0 Å². The lowest BCUT2D eigenvalue weighted by Gasteiger charge is -2.15. The number of pyridine rings is 1. The van der Waals surface area contributed by atoms with Crippen LogP contribution in [0.2, 0.25) is 0 Å². The molecular formula is C15H16N2O3. The van der Waals surface area contributed by atoms with Gasteiger partial charge in [0.25, 0.3) is 0 Å². The topological polar surface area (TPSA) is 74.4 Å². The summed E-state index contributed by atoms with van der Waals surface area (Å²) in [5.74, 6) is -0.182. The van der Waals surface area contributed by atoms with Gasteiger partial charge in [-0.25, -0.2) is 9.78 Å². The molecule has 5 nitrogen and oxygen atoms in total. The third kappa shape index (κ3) is 3.06. The molecule has 0 bridgehead atoms. The normalized spacial score (nSPS) is 11.7. The van der Waals surface area contributed by atoms with Gasteiger partial charge in [-0.15, -0.1) is 0 Å². The van der Waals surface area contributed by atoms with E-state index in [0.717, 1.165) is 5.56 Å². The second kappa shape index (κ2) is 6.06. The third-order valence-corrected chi connectivity index (χ3v) is 2.88. The summed E-state index contributed by atoms with van der Waals surface area (Å²) < 4.78 is 10.4. The van der Waals surface area contributed by atoms with Gasteiger partial charge in [-0.1, -0.05) is 30.3 Å². The van der Waals surface area contributed by atoms with Crippen molar-refractivity contribution in [3.63, 3.8) is 0 Å². The van der Waals surface area contributed by atoms with Crippen LogP contribution < -0.4 is 10.5 Å². The molecule has 2 aromatic rings. The smallest absolute Gasteiger partial charge is 0.340 e. The van der Waals surface area contributed by atoms with Gasteiger partial charge in [0.05, 0.1) is 24.6 Å². The first-order valence-electron chi connectivity index (χ1n) is 6.17. The Morgan fingerprint density at radius 3 is 2.65 bits per heavy atom. The average molecular weight is 272 g/mol. The summed E-state index contributed by atoms with van der Waals surface area (Å²) in [5.41, 5.74) is 7.22. The highest BCUT2D eigenvalue weighted by molar-refractivity contribution is 5.95. The predicted molar refractivity (Wildman–Crippen MR) is 75.5 cm³/mol. The van der Waals surface area contributed by atoms with Gasteiger partial charge in [0.1, 0.15) is 6.10 Å². The summed E-state index contributed by atoms with van der Waals surface area (Å²) >= 11 is 0. The molecule has 0 aliphatic heterocycles. The number of hydrogen-bond donors (Lipinski definition) is 1. The zero-order valence-electron chi connectivity index (χ0n) is 11.4. The van der Waals surface area contributed by atoms with Crippen molar-refractivity contribution in [3.8, 4) is 5.88 Å². The quantitative estimate of drug-likeness (QED) is 0.866. The SMILES string of the molecule is COC(=O)c1cc(OC(C)c2ccccc2)ncc1N. The van der Waals surface area contributed by atoms with Crippen molar-refractivity contribution < 1.29 is 14.3 Å². The highest BCUT2D eigenvalue weighted by Crippen LogP contribution is 2.23. The number of esters is 1. The molecule has 2 N–H and O–H groups in total. The number of nitrogen functional groups attached to an aromatic ring is 1. The highest BCUT2D eigenvalue weighted by atomic mass is 16.5. The number of nitrogens with zero attached hydrogens (tertiary/aromatic N) is 1. The van der Waals surface area contributed by atoms with Crippen molar-refractivity contribution in [2.24, 2.45) is 0 Å². The van der Waals surface area contributed by atoms with Gasteiger partial charge in [-0.3, -0.25) is 0 Å². The van der Waals surface area contributed by atoms with E-state index < -0.39 is 5.97 Å². The standard InChI is InChI=1S/C15H16N2O3/c1-10(11-6-4-3-5-7-11)20-14-8-12(15(18)19-2)13(16)9-17-14/h3-10H,16H2,1-2H3. The molecular weight excluding hydrogens is 256 g/mol. The number of rotatable bonds is 4. The zero-order chi connectivity index (χ0) is 14.5. The molecule has 0 aliphatic rings. The fourth-order valence-corrected chi connectivity index (χ4v) is 1.77. The fraction of sp³-hybridized carbons (Fsp3) is 0.200. The molecule has 1 unspecified atom stereocenters. The Balaban J connectivity index is 2.20. The molecule has 0 saturated carbocycles. The van der Waals surface area contributed by atoms with Crippen LogP contribution in [0, 0.1) is 0 Å². The summed E-state index contributed by atoms with van der Waals surface area (Å²) in [6.07, 6.45) is 1.21. The molecule has 0 amide bonds. The Kier molecular flexibility index (Phi) is 4.20. The first-order chi connectivity index (χ1) is 9.61. The van der Waals surface area contributed by atoms with Crippen LogP contribution in [0.4, 0.5) is 5.69 Å². The van der Waals surface area contributed by atoms with Crippen LogP contribution in [-0.4, -0.2) is 18.1 Å². The number of hydrogen-bond acceptors (Lipinski definition) is 5. The second-order valence-corrected chi connectivity index (χ2v) is 4.27. The molecule has 2 rings (SSSR count). The van der Waals surface area contributed by atoms with Crippen LogP contribution in [0.25, 0.3) is 0 Å². The van der Waals surface area contributed by atoms with E-state index in [2.05, 4.69) is 9.72 Å². The van der Waals surface area contributed by atoms with Crippen LogP contribution in [-0.2, 0) is 4.74 Å². The van der Waals surface area contributed by atoms with Crippen molar-refractivity contribution >= 4 is 11.7 Å². The maximum absolute atomic E-state index is 11.6. The maximum atomic E-state index is 11.6. The Labute approximate surface area is 117 Å². The van der Waals surface area contributed by atoms with Gasteiger partial charge in [-0.05, 0) is 12.5 Å². The lowest BCUT2D eigenvalue weighted by molar-refractivity contribution is 0.0601. The number of benzene rings is 1. The average Bonchev–Trinajstić information content (AvgIpc) is 2.49. The molecule has 0 spiro atoms. The summed E-state index contributed by atoms with van der Waals surface area (Å²) in [6.45, 7) is 1.91. The Morgan fingerprint density at radius 1 is 1.30 bits per heavy atom. The van der Waals surface area contributed by atoms with Crippen LogP contribution >= 0.6 is 0 Å². The van der Waals surface area contributed by atoms with E-state index >= 15 is 0 Å². The fourth-order valence-electron chi connectivity index (χ4n) is 1.77. The van der Waals surface area contributed by atoms with Crippen LogP contribution in [0.5, 0.6) is 5.88 Å². The summed E-state index contributed by atoms with van der Waals surface area (Å²) in [7, 11) is 1.30. The van der Waals surface area contributed by atoms with E-state index in [4.69, 9.17) is 10.5 Å². The first kappa shape index (κ1) is 13.9. The van der Waals surface area contributed by atoms with E-state index in [-0.39, 0.29) is 17.4 Å². The van der Waals surface area contributed by atoms with Gasteiger partial charge < -0.3 is 15.2 Å². The molecule has 0 radical (unpaired) electrons. The van der Waals surface area contributed by atoms with Gasteiger partial charge in [0.2, 0.25) is 5.88 Å². The molecule has 0 aliphatic carbocycles. The number of carbonyl (C=O) groups excluding carboxylic acids is 1. The Bertz CT molecular complexity index is 599. The monoisotopic (exact) mass is 272 g/mol. The molecule has 5 heteroatoms. The molecule has 20 heavy (non-hydrogen) atoms. The molecule has 1 atom stereocenters. The van der Waals surface area contributed by atoms with Crippen molar-refractivity contribution in [1.82, 2.24) is 4.98 Å². The number of carbonyl (C=O) groups is 1. The Morgan fingerprint density at radius 2 is 2.00 bits per heavy atom. The maximum Gasteiger partial charge on any atom is 0.340 e. The van der Waals surface area contributed by atoms with Crippen molar-refractivity contribution in [2.45, 2.75) is 13.0 Å². The van der Waals surface area contributed by atoms with Gasteiger partial charge in [-0.2, -0.15) is 0 Å². The number of aromatic nitrogens is 1. The number of methoxy groups -OCH3 is 1. The minimum atomic E-state index is -0.512. The van der Waals surface area contributed by atoms with Gasteiger partial charge >= 0.3 is 5.97 Å². The van der Waals surface area contributed by atoms with E-state index in [1.807, 2.05) is 37.3 Å². The number of nitrogens with two attached hydrogens (primary N) is 1. The third-order valence-electron chi connectivity index (χ3n) is 2.88. The van der Waals surface area contributed by atoms with E-state index in [0.29, 0.717) is 5.88 Å². The predicted octanol–water partition coefficient (Wildman–Crippen LogP) is 2.59. The summed E-state index contributed by atoms with van der Waals surface area (Å²) in [5, 5.41) is 0. The number of anilines is 1. The summed E-state index contributed by atoms with van der Waals surface area (Å²) in [6, 6.07) is 11.2. The van der Waals surface area contributed by atoms with Crippen LogP contribution in [0.15, 0.2) is 42.6 Å². The van der Waals surface area contributed by atoms with E-state index in [1.54, 1.807) is 0 Å². The lowest BCUT2D eigenvalue weighted by atomic mass is 10.1. The van der Waals surface area contributed by atoms with Crippen molar-refractivity contribution in [2.75, 3.05) is 12.8 Å². The van der Waals surface area contributed by atoms with Crippen LogP contribution in [0.1, 0.15) is 28.9 Å². The van der Waals surface area contributed by atoms with Crippen LogP contribution in [0.3, 0.4) is 0 Å².